The fourth-order valence-electron chi connectivity index (χ4n) is 5.63. The van der Waals surface area contributed by atoms with Crippen LogP contribution in [0.25, 0.3) is 10.8 Å². The van der Waals surface area contributed by atoms with Crippen molar-refractivity contribution in [3.63, 3.8) is 0 Å². The van der Waals surface area contributed by atoms with Crippen LogP contribution in [0.1, 0.15) is 135 Å². The molecule has 0 bridgehead atoms. The molecule has 0 heterocycles. The van der Waals surface area contributed by atoms with Gasteiger partial charge in [0.25, 0.3) is 0 Å². The van der Waals surface area contributed by atoms with E-state index in [-0.39, 0.29) is 18.4 Å². The third-order valence-corrected chi connectivity index (χ3v) is 8.17. The smallest absolute Gasteiger partial charge is 0.134 e. The minimum atomic E-state index is -0.189. The standard InChI is InChI=1S/C35H61N3O/c1-5-6-7-8-9-10-11-12-13-14-15-16-17-18-19-22-27-37-34(36)33(29(2)3)38-35(39-4)32-26-25-30-23-20-21-24-31(30)28-32/h20-21,23-26,28-29,33-35,37-38H,5-19,22,27,36H2,1-4H3. The van der Waals surface area contributed by atoms with E-state index >= 15 is 0 Å². The molecule has 3 unspecified atom stereocenters. The van der Waals surface area contributed by atoms with Crippen molar-refractivity contribution in [2.24, 2.45) is 11.7 Å². The van der Waals surface area contributed by atoms with Crippen molar-refractivity contribution in [3.05, 3.63) is 48.0 Å². The largest absolute Gasteiger partial charge is 0.362 e. The molecule has 0 amide bonds. The van der Waals surface area contributed by atoms with Gasteiger partial charge in [-0.1, -0.05) is 153 Å². The maximum absolute atomic E-state index is 6.63. The summed E-state index contributed by atoms with van der Waals surface area (Å²) in [6, 6.07) is 15.1. The average molecular weight is 540 g/mol. The molecule has 0 aliphatic carbocycles. The van der Waals surface area contributed by atoms with Crippen molar-refractivity contribution in [1.82, 2.24) is 10.6 Å². The fourth-order valence-corrected chi connectivity index (χ4v) is 5.63. The summed E-state index contributed by atoms with van der Waals surface area (Å²) in [6.07, 6.45) is 22.0. The van der Waals surface area contributed by atoms with Gasteiger partial charge in [0.2, 0.25) is 0 Å². The second-order valence-corrected chi connectivity index (χ2v) is 11.9. The highest BCUT2D eigenvalue weighted by Gasteiger charge is 2.25. The summed E-state index contributed by atoms with van der Waals surface area (Å²) in [7, 11) is 1.76. The van der Waals surface area contributed by atoms with Gasteiger partial charge >= 0.3 is 0 Å². The molecule has 0 aliphatic heterocycles. The summed E-state index contributed by atoms with van der Waals surface area (Å²) in [5.41, 5.74) is 7.76. The lowest BCUT2D eigenvalue weighted by atomic mass is 9.99. The molecule has 0 spiro atoms. The first-order chi connectivity index (χ1) is 19.1. The van der Waals surface area contributed by atoms with Crippen LogP contribution in [0.2, 0.25) is 0 Å². The van der Waals surface area contributed by atoms with E-state index in [1.54, 1.807) is 7.11 Å². The van der Waals surface area contributed by atoms with Gasteiger partial charge < -0.3 is 15.8 Å². The number of methoxy groups -OCH3 is 1. The number of hydrogen-bond acceptors (Lipinski definition) is 4. The van der Waals surface area contributed by atoms with Gasteiger partial charge in [-0.3, -0.25) is 5.32 Å². The topological polar surface area (TPSA) is 59.3 Å². The summed E-state index contributed by atoms with van der Waals surface area (Å²) in [6.45, 7) is 7.71. The van der Waals surface area contributed by atoms with E-state index in [2.05, 4.69) is 73.9 Å². The Morgan fingerprint density at radius 2 is 1.21 bits per heavy atom. The number of fused-ring (bicyclic) bond motifs is 1. The van der Waals surface area contributed by atoms with E-state index in [0.29, 0.717) is 5.92 Å². The van der Waals surface area contributed by atoms with E-state index < -0.39 is 0 Å². The summed E-state index contributed by atoms with van der Waals surface area (Å²) in [4.78, 5) is 0. The molecule has 3 atom stereocenters. The minimum Gasteiger partial charge on any atom is -0.362 e. The Morgan fingerprint density at radius 3 is 1.72 bits per heavy atom. The number of benzene rings is 2. The number of nitrogens with two attached hydrogens (primary N) is 1. The zero-order valence-corrected chi connectivity index (χ0v) is 25.9. The van der Waals surface area contributed by atoms with Crippen molar-refractivity contribution in [2.75, 3.05) is 13.7 Å². The summed E-state index contributed by atoms with van der Waals surface area (Å²) < 4.78 is 5.86. The number of hydrogen-bond donors (Lipinski definition) is 3. The van der Waals surface area contributed by atoms with Crippen LogP contribution in [0.15, 0.2) is 42.5 Å². The van der Waals surface area contributed by atoms with Gasteiger partial charge in [0.05, 0.1) is 6.17 Å². The SMILES string of the molecule is CCCCCCCCCCCCCCCCCCNC(N)C(NC(OC)c1ccc2ccccc2c1)C(C)C. The number of rotatable bonds is 24. The molecule has 0 radical (unpaired) electrons. The first kappa shape index (κ1) is 33.7. The lowest BCUT2D eigenvalue weighted by molar-refractivity contribution is 0.0499. The van der Waals surface area contributed by atoms with E-state index in [4.69, 9.17) is 10.5 Å². The second kappa shape index (κ2) is 21.3. The Hall–Kier alpha value is -1.46. The van der Waals surface area contributed by atoms with Crippen LogP contribution in [0.5, 0.6) is 0 Å². The molecular formula is C35H61N3O. The van der Waals surface area contributed by atoms with Crippen LogP contribution < -0.4 is 16.4 Å². The number of nitrogens with one attached hydrogen (secondary N) is 2. The van der Waals surface area contributed by atoms with Crippen molar-refractivity contribution in [2.45, 2.75) is 142 Å². The van der Waals surface area contributed by atoms with Gasteiger partial charge in [-0.15, -0.1) is 0 Å². The van der Waals surface area contributed by atoms with Crippen LogP contribution in [-0.2, 0) is 4.74 Å². The highest BCUT2D eigenvalue weighted by Crippen LogP contribution is 2.22. The molecule has 222 valence electrons. The Labute approximate surface area is 241 Å². The fraction of sp³-hybridized carbons (Fsp3) is 0.714. The van der Waals surface area contributed by atoms with Crippen molar-refractivity contribution in [3.8, 4) is 0 Å². The number of unbranched alkanes of at least 4 members (excludes halogenated alkanes) is 15. The molecule has 4 nitrogen and oxygen atoms in total. The van der Waals surface area contributed by atoms with Crippen LogP contribution >= 0.6 is 0 Å². The zero-order chi connectivity index (χ0) is 28.1. The Morgan fingerprint density at radius 1 is 0.692 bits per heavy atom. The molecule has 2 aromatic rings. The lowest BCUT2D eigenvalue weighted by Gasteiger charge is -2.33. The van der Waals surface area contributed by atoms with Crippen molar-refractivity contribution in [1.29, 1.82) is 0 Å². The lowest BCUT2D eigenvalue weighted by Crippen LogP contribution is -2.57. The third kappa shape index (κ3) is 14.1. The summed E-state index contributed by atoms with van der Waals surface area (Å²) in [5.74, 6) is 0.386. The Bertz CT molecular complexity index is 855. The van der Waals surface area contributed by atoms with E-state index in [1.807, 2.05) is 0 Å². The molecule has 0 aromatic heterocycles. The molecular weight excluding hydrogens is 478 g/mol. The van der Waals surface area contributed by atoms with E-state index in [9.17, 15) is 0 Å². The van der Waals surface area contributed by atoms with Crippen LogP contribution in [0.3, 0.4) is 0 Å². The van der Waals surface area contributed by atoms with E-state index in [1.165, 1.54) is 114 Å². The van der Waals surface area contributed by atoms with Gasteiger partial charge in [0, 0.05) is 13.2 Å². The molecule has 2 aromatic carbocycles. The molecule has 0 fully saturated rings. The molecule has 0 saturated heterocycles. The normalized spacial score (nSPS) is 14.2. The minimum absolute atomic E-state index is 0.112. The van der Waals surface area contributed by atoms with Gasteiger partial charge in [-0.2, -0.15) is 0 Å². The predicted molar refractivity (Wildman–Crippen MR) is 171 cm³/mol. The maximum atomic E-state index is 6.63. The van der Waals surface area contributed by atoms with Gasteiger partial charge in [0.15, 0.2) is 0 Å². The maximum Gasteiger partial charge on any atom is 0.134 e. The van der Waals surface area contributed by atoms with Crippen LogP contribution in [-0.4, -0.2) is 25.9 Å². The van der Waals surface area contributed by atoms with E-state index in [0.717, 1.165) is 12.1 Å². The molecule has 39 heavy (non-hydrogen) atoms. The number of ether oxygens (including phenoxy) is 1. The van der Waals surface area contributed by atoms with Gasteiger partial charge in [0.1, 0.15) is 6.23 Å². The average Bonchev–Trinajstić information content (AvgIpc) is 2.94. The zero-order valence-electron chi connectivity index (χ0n) is 25.9. The van der Waals surface area contributed by atoms with Crippen LogP contribution in [0, 0.1) is 5.92 Å². The highest BCUT2D eigenvalue weighted by atomic mass is 16.5. The first-order valence-corrected chi connectivity index (χ1v) is 16.3. The molecule has 2 rings (SSSR count). The van der Waals surface area contributed by atoms with Gasteiger partial charge in [-0.05, 0) is 41.3 Å². The second-order valence-electron chi connectivity index (χ2n) is 11.9. The first-order valence-electron chi connectivity index (χ1n) is 16.3. The van der Waals surface area contributed by atoms with Crippen molar-refractivity contribution >= 4 is 10.8 Å². The molecule has 0 saturated carbocycles. The Kier molecular flexibility index (Phi) is 18.4. The predicted octanol–water partition coefficient (Wildman–Crippen LogP) is 9.23. The monoisotopic (exact) mass is 539 g/mol. The molecule has 4 heteroatoms. The molecule has 4 N–H and O–H groups in total. The quantitative estimate of drug-likeness (QED) is 0.0919. The van der Waals surface area contributed by atoms with Gasteiger partial charge in [-0.25, -0.2) is 0 Å². The summed E-state index contributed by atoms with van der Waals surface area (Å²) >= 11 is 0. The Balaban J connectivity index is 1.54. The highest BCUT2D eigenvalue weighted by molar-refractivity contribution is 5.83. The van der Waals surface area contributed by atoms with Crippen LogP contribution in [0.4, 0.5) is 0 Å². The summed E-state index contributed by atoms with van der Waals surface area (Å²) in [5, 5.41) is 9.74. The van der Waals surface area contributed by atoms with Crippen molar-refractivity contribution < 1.29 is 4.74 Å². The molecule has 0 aliphatic rings. The third-order valence-electron chi connectivity index (χ3n) is 8.17.